The quantitative estimate of drug-likeness (QED) is 0.804. The molecule has 0 aromatic rings. The van der Waals surface area contributed by atoms with Crippen molar-refractivity contribution in [1.29, 1.82) is 0 Å². The molecule has 2 fully saturated rings. The van der Waals surface area contributed by atoms with E-state index in [0.717, 1.165) is 18.8 Å². The van der Waals surface area contributed by atoms with Crippen LogP contribution in [0.3, 0.4) is 0 Å². The Morgan fingerprint density at radius 2 is 1.64 bits per heavy atom. The molecule has 0 aromatic carbocycles. The topological polar surface area (TPSA) is 37.3 Å². The van der Waals surface area contributed by atoms with Gasteiger partial charge in [-0.1, -0.05) is 32.1 Å². The van der Waals surface area contributed by atoms with Gasteiger partial charge in [0.25, 0.3) is 0 Å². The van der Waals surface area contributed by atoms with Crippen molar-refractivity contribution in [2.75, 3.05) is 0 Å². The van der Waals surface area contributed by atoms with Crippen molar-refractivity contribution < 1.29 is 50.7 Å². The molecule has 2 aliphatic rings. The molecule has 2 aliphatic carbocycles. The van der Waals surface area contributed by atoms with E-state index in [-0.39, 0.29) is 46.8 Å². The van der Waals surface area contributed by atoms with Gasteiger partial charge in [0, 0.05) is 40.8 Å². The summed E-state index contributed by atoms with van der Waals surface area (Å²) in [6.07, 6.45) is 8.39. The van der Waals surface area contributed by atoms with Gasteiger partial charge in [0.15, 0.2) is 0 Å². The molecule has 2 saturated carbocycles. The summed E-state index contributed by atoms with van der Waals surface area (Å²) in [5.41, 5.74) is 0. The molecule has 0 bridgehead atoms. The van der Waals surface area contributed by atoms with E-state index in [1.54, 1.807) is 0 Å². The number of hydrogen-bond acceptors (Lipinski definition) is 1. The Bertz CT molecular complexity index is 203. The standard InChI is InChI=1S/C11H18O2.Nd/c12-11(13)10-7-3-5-8-4-1-2-6-9(8)10;/h8-10H,1-7H2,(H,12,13);. The normalized spacial score (nSPS) is 36.7. The number of carboxylic acid groups (broad SMARTS) is 1. The summed E-state index contributed by atoms with van der Waals surface area (Å²) in [7, 11) is 0. The second-order valence-electron chi connectivity index (χ2n) is 4.58. The van der Waals surface area contributed by atoms with Crippen molar-refractivity contribution in [1.82, 2.24) is 0 Å². The third-order valence-corrected chi connectivity index (χ3v) is 3.89. The van der Waals surface area contributed by atoms with Gasteiger partial charge >= 0.3 is 5.97 Å². The molecule has 1 N–H and O–H groups in total. The van der Waals surface area contributed by atoms with Crippen molar-refractivity contribution in [3.05, 3.63) is 0 Å². The Labute approximate surface area is 118 Å². The monoisotopic (exact) mass is 324 g/mol. The Kier molecular flexibility index (Phi) is 5.32. The van der Waals surface area contributed by atoms with Crippen molar-refractivity contribution >= 4 is 5.97 Å². The average Bonchev–Trinajstić information content (AvgIpc) is 2.17. The number of aliphatic carboxylic acids is 1. The maximum absolute atomic E-state index is 11.0. The maximum Gasteiger partial charge on any atom is 0.306 e. The van der Waals surface area contributed by atoms with Crippen LogP contribution in [0.2, 0.25) is 0 Å². The molecule has 0 aliphatic heterocycles. The fourth-order valence-corrected chi connectivity index (χ4v) is 3.25. The third kappa shape index (κ3) is 2.69. The molecule has 0 heterocycles. The van der Waals surface area contributed by atoms with Crippen LogP contribution in [-0.4, -0.2) is 11.1 Å². The molecule has 3 unspecified atom stereocenters. The van der Waals surface area contributed by atoms with Crippen LogP contribution >= 0.6 is 0 Å². The minimum atomic E-state index is -0.545. The van der Waals surface area contributed by atoms with Gasteiger partial charge in [-0.25, -0.2) is 0 Å². The minimum Gasteiger partial charge on any atom is -0.481 e. The molecular formula is C11H18NdO2. The van der Waals surface area contributed by atoms with Crippen LogP contribution in [0.5, 0.6) is 0 Å². The summed E-state index contributed by atoms with van der Waals surface area (Å²) in [6.45, 7) is 0. The SMILES string of the molecule is O=C(O)C1CCCC2CCCCC21.[Nd]. The second-order valence-corrected chi connectivity index (χ2v) is 4.58. The van der Waals surface area contributed by atoms with Gasteiger partial charge in [-0.3, -0.25) is 4.79 Å². The van der Waals surface area contributed by atoms with E-state index in [4.69, 9.17) is 5.11 Å². The summed E-state index contributed by atoms with van der Waals surface area (Å²) >= 11 is 0. The van der Waals surface area contributed by atoms with Crippen molar-refractivity contribution in [2.24, 2.45) is 17.8 Å². The van der Waals surface area contributed by atoms with Gasteiger partial charge in [-0.15, -0.1) is 0 Å². The molecule has 0 radical (unpaired) electrons. The zero-order chi connectivity index (χ0) is 9.26. The number of carboxylic acids is 1. The van der Waals surface area contributed by atoms with Crippen LogP contribution in [0.25, 0.3) is 0 Å². The Balaban J connectivity index is 0.000000980. The molecule has 2 nitrogen and oxygen atoms in total. The summed E-state index contributed by atoms with van der Waals surface area (Å²) in [6, 6.07) is 0. The number of carbonyl (C=O) groups is 1. The largest absolute Gasteiger partial charge is 0.481 e. The minimum absolute atomic E-state index is 0. The summed E-state index contributed by atoms with van der Waals surface area (Å²) in [5, 5.41) is 9.08. The van der Waals surface area contributed by atoms with Crippen LogP contribution in [0.1, 0.15) is 44.9 Å². The molecule has 3 heteroatoms. The third-order valence-electron chi connectivity index (χ3n) is 3.89. The van der Waals surface area contributed by atoms with E-state index in [0.29, 0.717) is 5.92 Å². The van der Waals surface area contributed by atoms with Gasteiger partial charge in [0.2, 0.25) is 0 Å². The Hall–Kier alpha value is 0.821. The summed E-state index contributed by atoms with van der Waals surface area (Å²) in [4.78, 5) is 11.0. The van der Waals surface area contributed by atoms with E-state index in [1.807, 2.05) is 0 Å². The van der Waals surface area contributed by atoms with Crippen molar-refractivity contribution in [3.63, 3.8) is 0 Å². The number of fused-ring (bicyclic) bond motifs is 1. The van der Waals surface area contributed by atoms with Crippen molar-refractivity contribution in [3.8, 4) is 0 Å². The first kappa shape index (κ1) is 12.9. The van der Waals surface area contributed by atoms with Crippen LogP contribution in [0.15, 0.2) is 0 Å². The fraction of sp³-hybridized carbons (Fsp3) is 0.909. The number of hydrogen-bond donors (Lipinski definition) is 1. The molecule has 0 spiro atoms. The van der Waals surface area contributed by atoms with Gasteiger partial charge < -0.3 is 5.11 Å². The molecule has 2 rings (SSSR count). The molecular weight excluding hydrogens is 308 g/mol. The molecule has 0 amide bonds. The van der Waals surface area contributed by atoms with E-state index < -0.39 is 5.97 Å². The van der Waals surface area contributed by atoms with Crippen molar-refractivity contribution in [2.45, 2.75) is 44.9 Å². The van der Waals surface area contributed by atoms with Gasteiger partial charge in [0.05, 0.1) is 5.92 Å². The zero-order valence-corrected chi connectivity index (χ0v) is 11.7. The van der Waals surface area contributed by atoms with E-state index >= 15 is 0 Å². The maximum atomic E-state index is 11.0. The smallest absolute Gasteiger partial charge is 0.306 e. The Morgan fingerprint density at radius 3 is 2.36 bits per heavy atom. The molecule has 0 saturated heterocycles. The number of rotatable bonds is 1. The first-order chi connectivity index (χ1) is 6.29. The van der Waals surface area contributed by atoms with E-state index in [1.165, 1.54) is 32.1 Å². The van der Waals surface area contributed by atoms with E-state index in [9.17, 15) is 4.79 Å². The van der Waals surface area contributed by atoms with Crippen LogP contribution in [-0.2, 0) is 4.79 Å². The van der Waals surface area contributed by atoms with Crippen LogP contribution in [0.4, 0.5) is 0 Å². The van der Waals surface area contributed by atoms with Gasteiger partial charge in [0.1, 0.15) is 0 Å². The zero-order valence-electron chi connectivity index (χ0n) is 8.54. The molecule has 14 heavy (non-hydrogen) atoms. The predicted octanol–water partition coefficient (Wildman–Crippen LogP) is 2.68. The van der Waals surface area contributed by atoms with Crippen LogP contribution < -0.4 is 0 Å². The first-order valence-corrected chi connectivity index (χ1v) is 5.52. The predicted molar refractivity (Wildman–Crippen MR) is 50.4 cm³/mol. The fourth-order valence-electron chi connectivity index (χ4n) is 3.25. The van der Waals surface area contributed by atoms with Gasteiger partial charge in [-0.05, 0) is 24.7 Å². The molecule has 78 valence electrons. The Morgan fingerprint density at radius 1 is 1.00 bits per heavy atom. The second kappa shape index (κ2) is 5.78. The average molecular weight is 327 g/mol. The molecule has 0 aromatic heterocycles. The first-order valence-electron chi connectivity index (χ1n) is 5.52. The molecule has 3 atom stereocenters. The van der Waals surface area contributed by atoms with E-state index in [2.05, 4.69) is 0 Å². The summed E-state index contributed by atoms with van der Waals surface area (Å²) < 4.78 is 0. The summed E-state index contributed by atoms with van der Waals surface area (Å²) in [5.74, 6) is 0.694. The van der Waals surface area contributed by atoms with Crippen LogP contribution in [0, 0.1) is 58.6 Å². The van der Waals surface area contributed by atoms with Gasteiger partial charge in [-0.2, -0.15) is 0 Å².